The zero-order valence-corrected chi connectivity index (χ0v) is 16.6. The second-order valence-electron chi connectivity index (χ2n) is 7.43. The van der Waals surface area contributed by atoms with Gasteiger partial charge in [0.2, 0.25) is 0 Å². The highest BCUT2D eigenvalue weighted by Crippen LogP contribution is 2.45. The Kier molecular flexibility index (Phi) is 4.70. The van der Waals surface area contributed by atoms with Crippen molar-refractivity contribution in [1.29, 1.82) is 0 Å². The third-order valence-electron chi connectivity index (χ3n) is 5.40. The molecule has 0 radical (unpaired) electrons. The molecule has 0 aliphatic rings. The van der Waals surface area contributed by atoms with Crippen molar-refractivity contribution in [3.8, 4) is 22.4 Å². The van der Waals surface area contributed by atoms with E-state index in [2.05, 4.69) is 4.98 Å². The molecule has 0 atom stereocenters. The minimum atomic E-state index is -4.97. The molecule has 0 aliphatic heterocycles. The van der Waals surface area contributed by atoms with Crippen LogP contribution in [0.15, 0.2) is 83.4 Å². The molecular formula is C25H13F6NO. The molecule has 0 saturated heterocycles. The lowest BCUT2D eigenvalue weighted by atomic mass is 9.93. The molecule has 0 bridgehead atoms. The molecule has 33 heavy (non-hydrogen) atoms. The van der Waals surface area contributed by atoms with Crippen molar-refractivity contribution in [3.05, 3.63) is 90.1 Å². The fraction of sp³-hybridized carbons (Fsp3) is 0.0800. The van der Waals surface area contributed by atoms with Crippen LogP contribution in [0, 0.1) is 0 Å². The second-order valence-corrected chi connectivity index (χ2v) is 7.43. The van der Waals surface area contributed by atoms with Crippen molar-refractivity contribution in [2.45, 2.75) is 12.4 Å². The van der Waals surface area contributed by atoms with Crippen LogP contribution in [0.4, 0.5) is 26.3 Å². The van der Waals surface area contributed by atoms with Crippen molar-refractivity contribution in [1.82, 2.24) is 4.98 Å². The number of rotatable bonds is 2. The van der Waals surface area contributed by atoms with Gasteiger partial charge in [0.15, 0.2) is 0 Å². The van der Waals surface area contributed by atoms with E-state index in [0.29, 0.717) is 28.9 Å². The van der Waals surface area contributed by atoms with Gasteiger partial charge < -0.3 is 4.42 Å². The molecule has 5 rings (SSSR count). The highest BCUT2D eigenvalue weighted by Gasteiger charge is 2.41. The molecule has 0 N–H and O–H groups in total. The summed E-state index contributed by atoms with van der Waals surface area (Å²) in [5.41, 5.74) is -2.19. The van der Waals surface area contributed by atoms with E-state index >= 15 is 0 Å². The van der Waals surface area contributed by atoms with Gasteiger partial charge in [-0.1, -0.05) is 36.4 Å². The first-order chi connectivity index (χ1) is 15.6. The number of alkyl halides is 6. The third kappa shape index (κ3) is 3.61. The zero-order valence-electron chi connectivity index (χ0n) is 16.6. The summed E-state index contributed by atoms with van der Waals surface area (Å²) in [6.07, 6.45) is -8.75. The summed E-state index contributed by atoms with van der Waals surface area (Å²) in [6, 6.07) is 16.9. The number of pyridine rings is 1. The van der Waals surface area contributed by atoms with Crippen molar-refractivity contribution < 1.29 is 30.8 Å². The van der Waals surface area contributed by atoms with E-state index in [1.54, 1.807) is 24.3 Å². The molecule has 2 heterocycles. The molecule has 8 heteroatoms. The largest absolute Gasteiger partial charge is 0.455 e. The van der Waals surface area contributed by atoms with Crippen molar-refractivity contribution in [2.24, 2.45) is 0 Å². The van der Waals surface area contributed by atoms with Gasteiger partial charge in [-0.3, -0.25) is 4.98 Å². The molecule has 3 aromatic carbocycles. The van der Waals surface area contributed by atoms with Gasteiger partial charge in [0.25, 0.3) is 0 Å². The highest BCUT2D eigenvalue weighted by molar-refractivity contribution is 6.09. The minimum absolute atomic E-state index is 0.197. The van der Waals surface area contributed by atoms with E-state index in [0.717, 1.165) is 22.9 Å². The molecule has 0 saturated carbocycles. The first kappa shape index (κ1) is 21.1. The number of halogens is 6. The number of para-hydroxylation sites is 2. The summed E-state index contributed by atoms with van der Waals surface area (Å²) >= 11 is 0. The summed E-state index contributed by atoms with van der Waals surface area (Å²) in [7, 11) is 0. The number of furan rings is 1. The Balaban J connectivity index is 1.76. The third-order valence-corrected chi connectivity index (χ3v) is 5.40. The molecule has 0 fully saturated rings. The van der Waals surface area contributed by atoms with Crippen LogP contribution in [0.5, 0.6) is 0 Å². The molecule has 0 spiro atoms. The Labute approximate surface area is 183 Å². The van der Waals surface area contributed by atoms with Gasteiger partial charge in [-0.05, 0) is 42.0 Å². The van der Waals surface area contributed by atoms with Crippen LogP contribution in [-0.2, 0) is 12.4 Å². The van der Waals surface area contributed by atoms with Gasteiger partial charge in [0.05, 0.1) is 16.8 Å². The average molecular weight is 457 g/mol. The maximum Gasteiger partial charge on any atom is 0.417 e. The molecule has 2 aromatic heterocycles. The van der Waals surface area contributed by atoms with E-state index in [1.807, 2.05) is 18.2 Å². The molecule has 0 unspecified atom stereocenters. The van der Waals surface area contributed by atoms with Gasteiger partial charge in [-0.15, -0.1) is 0 Å². The molecule has 5 aromatic rings. The summed E-state index contributed by atoms with van der Waals surface area (Å²) in [5.74, 6) is 0. The van der Waals surface area contributed by atoms with Crippen LogP contribution >= 0.6 is 0 Å². The van der Waals surface area contributed by atoms with Gasteiger partial charge >= 0.3 is 12.4 Å². The Morgan fingerprint density at radius 3 is 2.00 bits per heavy atom. The molecule has 0 aliphatic carbocycles. The lowest BCUT2D eigenvalue weighted by Crippen LogP contribution is -2.14. The number of hydrogen-bond acceptors (Lipinski definition) is 2. The Morgan fingerprint density at radius 1 is 0.667 bits per heavy atom. The fourth-order valence-corrected chi connectivity index (χ4v) is 4.02. The standard InChI is InChI=1S/C25H13F6NO/c26-24(27,28)18-8-4-9-19(25(29,30)31)22(18)14-11-12-32-20(13-14)17-7-3-6-16-15-5-1-2-10-21(15)33-23(16)17/h1-13H. The highest BCUT2D eigenvalue weighted by atomic mass is 19.4. The van der Waals surface area contributed by atoms with Crippen LogP contribution < -0.4 is 0 Å². The maximum absolute atomic E-state index is 13.7. The lowest BCUT2D eigenvalue weighted by Gasteiger charge is -2.19. The Hall–Kier alpha value is -3.81. The minimum Gasteiger partial charge on any atom is -0.455 e. The van der Waals surface area contributed by atoms with E-state index in [9.17, 15) is 26.3 Å². The van der Waals surface area contributed by atoms with E-state index in [-0.39, 0.29) is 11.3 Å². The van der Waals surface area contributed by atoms with Gasteiger partial charge in [-0.2, -0.15) is 26.3 Å². The maximum atomic E-state index is 13.7. The number of aromatic nitrogens is 1. The zero-order chi connectivity index (χ0) is 23.4. The van der Waals surface area contributed by atoms with E-state index in [1.165, 1.54) is 12.3 Å². The first-order valence-corrected chi connectivity index (χ1v) is 9.79. The summed E-state index contributed by atoms with van der Waals surface area (Å²) < 4.78 is 87.9. The van der Waals surface area contributed by atoms with Gasteiger partial charge in [0.1, 0.15) is 11.2 Å². The van der Waals surface area contributed by atoms with Gasteiger partial charge in [-0.25, -0.2) is 0 Å². The predicted octanol–water partition coefficient (Wildman–Crippen LogP) is 8.35. The van der Waals surface area contributed by atoms with Crippen LogP contribution in [0.3, 0.4) is 0 Å². The topological polar surface area (TPSA) is 26.0 Å². The molecule has 166 valence electrons. The van der Waals surface area contributed by atoms with Crippen LogP contribution in [0.2, 0.25) is 0 Å². The van der Waals surface area contributed by atoms with Crippen molar-refractivity contribution in [2.75, 3.05) is 0 Å². The SMILES string of the molecule is FC(F)(F)c1cccc(C(F)(F)F)c1-c1ccnc(-c2cccc3c2oc2ccccc23)c1. The summed E-state index contributed by atoms with van der Waals surface area (Å²) in [4.78, 5) is 4.22. The van der Waals surface area contributed by atoms with Crippen LogP contribution in [-0.4, -0.2) is 4.98 Å². The average Bonchev–Trinajstić information content (AvgIpc) is 3.16. The van der Waals surface area contributed by atoms with Gasteiger partial charge in [0, 0.05) is 28.1 Å². The number of fused-ring (bicyclic) bond motifs is 3. The monoisotopic (exact) mass is 457 g/mol. The Morgan fingerprint density at radius 2 is 1.30 bits per heavy atom. The smallest absolute Gasteiger partial charge is 0.417 e. The fourth-order valence-electron chi connectivity index (χ4n) is 4.02. The predicted molar refractivity (Wildman–Crippen MR) is 112 cm³/mol. The summed E-state index contributed by atoms with van der Waals surface area (Å²) in [6.45, 7) is 0. The van der Waals surface area contributed by atoms with E-state index < -0.39 is 29.0 Å². The van der Waals surface area contributed by atoms with Crippen LogP contribution in [0.25, 0.3) is 44.3 Å². The molecule has 2 nitrogen and oxygen atoms in total. The van der Waals surface area contributed by atoms with Crippen molar-refractivity contribution in [3.63, 3.8) is 0 Å². The van der Waals surface area contributed by atoms with E-state index in [4.69, 9.17) is 4.42 Å². The van der Waals surface area contributed by atoms with Crippen molar-refractivity contribution >= 4 is 21.9 Å². The second kappa shape index (κ2) is 7.37. The molecule has 0 amide bonds. The number of benzene rings is 3. The van der Waals surface area contributed by atoms with Crippen LogP contribution in [0.1, 0.15) is 11.1 Å². The number of hydrogen-bond donors (Lipinski definition) is 0. The Bertz CT molecular complexity index is 1460. The first-order valence-electron chi connectivity index (χ1n) is 9.79. The lowest BCUT2D eigenvalue weighted by molar-refractivity contribution is -0.142. The quantitative estimate of drug-likeness (QED) is 0.249. The normalized spacial score (nSPS) is 12.5. The molecular weight excluding hydrogens is 444 g/mol. The summed E-state index contributed by atoms with van der Waals surface area (Å²) in [5, 5.41) is 1.61. The number of nitrogens with zero attached hydrogens (tertiary/aromatic N) is 1.